The largest absolute Gasteiger partial charge is 0.462 e. The van der Waals surface area contributed by atoms with E-state index in [-0.39, 0.29) is 17.9 Å². The van der Waals surface area contributed by atoms with Gasteiger partial charge >= 0.3 is 5.97 Å². The lowest BCUT2D eigenvalue weighted by atomic mass is 10.0. The Labute approximate surface area is 191 Å². The quantitative estimate of drug-likeness (QED) is 0.499. The third-order valence-corrected chi connectivity index (χ3v) is 6.21. The molecule has 0 spiro atoms. The molecule has 0 atom stereocenters. The minimum atomic E-state index is -0.342. The van der Waals surface area contributed by atoms with Gasteiger partial charge in [-0.2, -0.15) is 0 Å². The van der Waals surface area contributed by atoms with E-state index < -0.39 is 0 Å². The van der Waals surface area contributed by atoms with Crippen LogP contribution >= 0.6 is 0 Å². The fourth-order valence-electron chi connectivity index (χ4n) is 4.53. The predicted molar refractivity (Wildman–Crippen MR) is 127 cm³/mol. The number of benzene rings is 1. The van der Waals surface area contributed by atoms with E-state index in [4.69, 9.17) is 4.74 Å². The first kappa shape index (κ1) is 23.8. The summed E-state index contributed by atoms with van der Waals surface area (Å²) in [5, 5.41) is 3.13. The summed E-state index contributed by atoms with van der Waals surface area (Å²) in [5.41, 5.74) is 4.46. The molecule has 0 unspecified atom stereocenters. The molecular formula is C26H35N3O3. The maximum atomic E-state index is 12.6. The first-order valence-electron chi connectivity index (χ1n) is 11.6. The highest BCUT2D eigenvalue weighted by molar-refractivity contribution is 5.98. The van der Waals surface area contributed by atoms with E-state index in [0.717, 1.165) is 56.0 Å². The van der Waals surface area contributed by atoms with Crippen LogP contribution in [0.1, 0.15) is 59.6 Å². The van der Waals surface area contributed by atoms with Crippen molar-refractivity contribution in [3.05, 3.63) is 64.5 Å². The van der Waals surface area contributed by atoms with Gasteiger partial charge in [-0.25, -0.2) is 4.79 Å². The number of nitrogens with one attached hydrogen (secondary N) is 1. The topological polar surface area (TPSA) is 63.6 Å². The molecular weight excluding hydrogens is 402 g/mol. The zero-order valence-corrected chi connectivity index (χ0v) is 19.7. The molecule has 6 nitrogen and oxygen atoms in total. The summed E-state index contributed by atoms with van der Waals surface area (Å²) in [6, 6.07) is 10.7. The average Bonchev–Trinajstić information content (AvgIpc) is 3.03. The van der Waals surface area contributed by atoms with Crippen LogP contribution in [0.15, 0.2) is 36.4 Å². The molecule has 1 aliphatic rings. The van der Waals surface area contributed by atoms with Gasteiger partial charge in [0.15, 0.2) is 0 Å². The van der Waals surface area contributed by atoms with Crippen molar-refractivity contribution in [2.75, 3.05) is 19.7 Å². The van der Waals surface area contributed by atoms with Crippen LogP contribution in [0.25, 0.3) is 6.08 Å². The van der Waals surface area contributed by atoms with Crippen molar-refractivity contribution in [3.8, 4) is 0 Å². The molecule has 2 aromatic rings. The highest BCUT2D eigenvalue weighted by atomic mass is 16.5. The van der Waals surface area contributed by atoms with Crippen molar-refractivity contribution >= 4 is 18.0 Å². The third-order valence-electron chi connectivity index (χ3n) is 6.21. The van der Waals surface area contributed by atoms with Crippen molar-refractivity contribution in [3.63, 3.8) is 0 Å². The summed E-state index contributed by atoms with van der Waals surface area (Å²) in [4.78, 5) is 27.5. The number of esters is 1. The molecule has 0 bridgehead atoms. The van der Waals surface area contributed by atoms with Crippen molar-refractivity contribution in [2.45, 2.75) is 59.7 Å². The Balaban J connectivity index is 1.60. The number of amides is 1. The van der Waals surface area contributed by atoms with Gasteiger partial charge in [-0.1, -0.05) is 30.3 Å². The normalized spacial score (nSPS) is 15.2. The Morgan fingerprint density at radius 1 is 1.09 bits per heavy atom. The molecule has 1 fully saturated rings. The van der Waals surface area contributed by atoms with E-state index in [1.807, 2.05) is 26.8 Å². The Morgan fingerprint density at radius 2 is 1.78 bits per heavy atom. The Hall–Kier alpha value is -2.86. The highest BCUT2D eigenvalue weighted by Crippen LogP contribution is 2.25. The third kappa shape index (κ3) is 5.68. The van der Waals surface area contributed by atoms with E-state index >= 15 is 0 Å². The molecule has 1 aromatic heterocycles. The summed E-state index contributed by atoms with van der Waals surface area (Å²) in [7, 11) is 0. The lowest BCUT2D eigenvalue weighted by Gasteiger charge is -2.32. The Kier molecular flexibility index (Phi) is 8.28. The number of carbonyl (C=O) groups is 2. The van der Waals surface area contributed by atoms with Crippen LogP contribution in [0.5, 0.6) is 0 Å². The van der Waals surface area contributed by atoms with Crippen LogP contribution < -0.4 is 5.32 Å². The first-order chi connectivity index (χ1) is 15.4. The van der Waals surface area contributed by atoms with Crippen LogP contribution in [0.2, 0.25) is 0 Å². The molecule has 2 heterocycles. The van der Waals surface area contributed by atoms with Crippen molar-refractivity contribution in [1.82, 2.24) is 14.8 Å². The Bertz CT molecular complexity index is 954. The number of hydrogen-bond acceptors (Lipinski definition) is 4. The number of ether oxygens (including phenoxy) is 1. The first-order valence-corrected chi connectivity index (χ1v) is 11.6. The number of piperidine rings is 1. The fourth-order valence-corrected chi connectivity index (χ4v) is 4.53. The molecule has 1 aliphatic heterocycles. The van der Waals surface area contributed by atoms with E-state index in [1.54, 1.807) is 19.1 Å². The van der Waals surface area contributed by atoms with Gasteiger partial charge in [-0.15, -0.1) is 0 Å². The standard InChI is InChI=1S/C26H35N3O3/c1-5-29-19(3)23(25(20(29)4)26(31)32-6-2)12-13-24(30)27-22-14-16-28(17-15-22)18-21-10-8-7-9-11-21/h7-13,22H,5-6,14-18H2,1-4H3,(H,27,30)/b13-12+. The molecule has 0 aliphatic carbocycles. The zero-order valence-electron chi connectivity index (χ0n) is 19.7. The highest BCUT2D eigenvalue weighted by Gasteiger charge is 2.23. The smallest absolute Gasteiger partial charge is 0.340 e. The number of aromatic nitrogens is 1. The Morgan fingerprint density at radius 3 is 2.41 bits per heavy atom. The minimum absolute atomic E-state index is 0.123. The zero-order chi connectivity index (χ0) is 23.1. The van der Waals surface area contributed by atoms with Gasteiger partial charge in [-0.3, -0.25) is 9.69 Å². The van der Waals surface area contributed by atoms with E-state index in [2.05, 4.69) is 39.0 Å². The molecule has 32 heavy (non-hydrogen) atoms. The minimum Gasteiger partial charge on any atom is -0.462 e. The maximum Gasteiger partial charge on any atom is 0.340 e. The summed E-state index contributed by atoms with van der Waals surface area (Å²) in [6.45, 7) is 11.7. The monoisotopic (exact) mass is 437 g/mol. The van der Waals surface area contributed by atoms with Gasteiger partial charge < -0.3 is 14.6 Å². The fraction of sp³-hybridized carbons (Fsp3) is 0.462. The summed E-state index contributed by atoms with van der Waals surface area (Å²) in [6.07, 6.45) is 5.16. The van der Waals surface area contributed by atoms with Crippen molar-refractivity contribution in [1.29, 1.82) is 0 Å². The van der Waals surface area contributed by atoms with Crippen molar-refractivity contribution in [2.24, 2.45) is 0 Å². The number of nitrogens with zero attached hydrogens (tertiary/aromatic N) is 2. The molecule has 1 amide bonds. The molecule has 1 N–H and O–H groups in total. The van der Waals surface area contributed by atoms with Gasteiger partial charge in [0, 0.05) is 55.2 Å². The molecule has 1 saturated heterocycles. The van der Waals surface area contributed by atoms with E-state index in [0.29, 0.717) is 12.2 Å². The lowest BCUT2D eigenvalue weighted by molar-refractivity contribution is -0.117. The van der Waals surface area contributed by atoms with Crippen molar-refractivity contribution < 1.29 is 14.3 Å². The summed E-state index contributed by atoms with van der Waals surface area (Å²) < 4.78 is 7.33. The summed E-state index contributed by atoms with van der Waals surface area (Å²) >= 11 is 0. The molecule has 0 radical (unpaired) electrons. The number of hydrogen-bond donors (Lipinski definition) is 1. The second kappa shape index (κ2) is 11.1. The predicted octanol–water partition coefficient (Wildman–Crippen LogP) is 4.10. The maximum absolute atomic E-state index is 12.6. The second-order valence-corrected chi connectivity index (χ2v) is 8.30. The van der Waals surface area contributed by atoms with Crippen LogP contribution in [0, 0.1) is 13.8 Å². The number of likely N-dealkylation sites (tertiary alicyclic amines) is 1. The van der Waals surface area contributed by atoms with Crippen LogP contribution in [0.4, 0.5) is 0 Å². The molecule has 3 rings (SSSR count). The van der Waals surface area contributed by atoms with Gasteiger partial charge in [0.1, 0.15) is 0 Å². The number of carbonyl (C=O) groups excluding carboxylic acids is 2. The lowest BCUT2D eigenvalue weighted by Crippen LogP contribution is -2.43. The molecule has 0 saturated carbocycles. The SMILES string of the molecule is CCOC(=O)c1c(/C=C/C(=O)NC2CCN(Cc3ccccc3)CC2)c(C)n(CC)c1C. The average molecular weight is 438 g/mol. The van der Waals surface area contributed by atoms with Gasteiger partial charge in [-0.05, 0) is 52.2 Å². The van der Waals surface area contributed by atoms with Crippen LogP contribution in [-0.2, 0) is 22.6 Å². The van der Waals surface area contributed by atoms with E-state index in [1.165, 1.54) is 5.56 Å². The van der Waals surface area contributed by atoms with Crippen LogP contribution in [-0.4, -0.2) is 47.1 Å². The van der Waals surface area contributed by atoms with Gasteiger partial charge in [0.25, 0.3) is 0 Å². The number of rotatable bonds is 8. The second-order valence-electron chi connectivity index (χ2n) is 8.30. The summed E-state index contributed by atoms with van der Waals surface area (Å²) in [5.74, 6) is -0.464. The van der Waals surface area contributed by atoms with Crippen LogP contribution in [0.3, 0.4) is 0 Å². The molecule has 1 aromatic carbocycles. The van der Waals surface area contributed by atoms with E-state index in [9.17, 15) is 9.59 Å². The molecule has 172 valence electrons. The van der Waals surface area contributed by atoms with Gasteiger partial charge in [0.2, 0.25) is 5.91 Å². The molecule has 6 heteroatoms. The van der Waals surface area contributed by atoms with Gasteiger partial charge in [0.05, 0.1) is 12.2 Å².